The smallest absolute Gasteiger partial charge is 0.306 e. The van der Waals surface area contributed by atoms with E-state index in [2.05, 4.69) is 13.0 Å². The van der Waals surface area contributed by atoms with Gasteiger partial charge in [-0.25, -0.2) is 0 Å². The molecule has 0 amide bonds. The zero-order valence-corrected chi connectivity index (χ0v) is 30.1. The zero-order valence-electron chi connectivity index (χ0n) is 30.1. The first kappa shape index (κ1) is 39.6. The SMILES string of the molecule is CC[C@H]1/C=C(C)/C=C/C(=O)[C@H](C)C[C@H](C)[C@H](OC2OC(C)C(OC(C)=O)C(N(C)C)C2OC(C)=O)[C@@H](C)[C@H](C)CC(=O)O[C@@H]1CC. The van der Waals surface area contributed by atoms with Gasteiger partial charge in [0.1, 0.15) is 12.2 Å². The van der Waals surface area contributed by atoms with Crippen LogP contribution in [0, 0.1) is 29.6 Å². The molecule has 0 aliphatic carbocycles. The summed E-state index contributed by atoms with van der Waals surface area (Å²) in [4.78, 5) is 52.8. The van der Waals surface area contributed by atoms with Gasteiger partial charge in [0.05, 0.1) is 18.2 Å². The zero-order chi connectivity index (χ0) is 34.9. The summed E-state index contributed by atoms with van der Waals surface area (Å²) in [5.41, 5.74) is 0.952. The van der Waals surface area contributed by atoms with Crippen LogP contribution in [0.5, 0.6) is 0 Å². The topological polar surface area (TPSA) is 118 Å². The summed E-state index contributed by atoms with van der Waals surface area (Å²) < 4.78 is 30.6. The lowest BCUT2D eigenvalue weighted by Crippen LogP contribution is -2.65. The van der Waals surface area contributed by atoms with Crippen molar-refractivity contribution in [3.05, 3.63) is 23.8 Å². The van der Waals surface area contributed by atoms with Gasteiger partial charge < -0.3 is 23.7 Å². The summed E-state index contributed by atoms with van der Waals surface area (Å²) in [6.07, 6.45) is 3.83. The van der Waals surface area contributed by atoms with Gasteiger partial charge in [0.2, 0.25) is 0 Å². The van der Waals surface area contributed by atoms with Crippen LogP contribution in [-0.4, -0.2) is 85.5 Å². The van der Waals surface area contributed by atoms with Crippen molar-refractivity contribution in [2.45, 2.75) is 138 Å². The predicted octanol–water partition coefficient (Wildman–Crippen LogP) is 5.67. The molecule has 10 heteroatoms. The fourth-order valence-electron chi connectivity index (χ4n) is 6.82. The lowest BCUT2D eigenvalue weighted by atomic mass is 9.79. The number of allylic oxidation sites excluding steroid dienone is 3. The van der Waals surface area contributed by atoms with Crippen molar-refractivity contribution in [2.24, 2.45) is 29.6 Å². The summed E-state index contributed by atoms with van der Waals surface area (Å²) in [5.74, 6) is -1.92. The molecule has 10 nitrogen and oxygen atoms in total. The maximum Gasteiger partial charge on any atom is 0.306 e. The van der Waals surface area contributed by atoms with Crippen molar-refractivity contribution in [2.75, 3.05) is 14.1 Å². The molecular formula is C36H59NO9. The van der Waals surface area contributed by atoms with Crippen molar-refractivity contribution >= 4 is 23.7 Å². The van der Waals surface area contributed by atoms with Crippen molar-refractivity contribution in [3.63, 3.8) is 0 Å². The van der Waals surface area contributed by atoms with Crippen LogP contribution in [0.3, 0.4) is 0 Å². The molecule has 262 valence electrons. The van der Waals surface area contributed by atoms with E-state index in [0.717, 1.165) is 12.0 Å². The van der Waals surface area contributed by atoms with E-state index >= 15 is 0 Å². The number of carbonyl (C=O) groups excluding carboxylic acids is 4. The first-order valence-corrected chi connectivity index (χ1v) is 16.9. The average Bonchev–Trinajstić information content (AvgIpc) is 2.96. The minimum Gasteiger partial charge on any atom is -0.462 e. The van der Waals surface area contributed by atoms with E-state index in [-0.39, 0.29) is 53.9 Å². The molecule has 2 rings (SSSR count). The predicted molar refractivity (Wildman–Crippen MR) is 176 cm³/mol. The van der Waals surface area contributed by atoms with Crippen LogP contribution in [0.15, 0.2) is 23.8 Å². The van der Waals surface area contributed by atoms with Gasteiger partial charge >= 0.3 is 17.9 Å². The van der Waals surface area contributed by atoms with E-state index < -0.39 is 48.7 Å². The third kappa shape index (κ3) is 11.0. The van der Waals surface area contributed by atoms with Crippen molar-refractivity contribution in [1.82, 2.24) is 4.90 Å². The van der Waals surface area contributed by atoms with E-state index in [4.69, 9.17) is 23.7 Å². The van der Waals surface area contributed by atoms with E-state index in [0.29, 0.717) is 12.8 Å². The number of ketones is 1. The van der Waals surface area contributed by atoms with Gasteiger partial charge in [-0.3, -0.25) is 24.1 Å². The molecule has 1 fully saturated rings. The second-order valence-electron chi connectivity index (χ2n) is 13.7. The van der Waals surface area contributed by atoms with E-state index in [9.17, 15) is 19.2 Å². The van der Waals surface area contributed by atoms with Gasteiger partial charge in [-0.2, -0.15) is 0 Å². The van der Waals surface area contributed by atoms with Gasteiger partial charge in [-0.15, -0.1) is 0 Å². The molecule has 0 bridgehead atoms. The summed E-state index contributed by atoms with van der Waals surface area (Å²) in [6.45, 7) is 18.5. The van der Waals surface area contributed by atoms with Gasteiger partial charge in [-0.1, -0.05) is 59.3 Å². The molecule has 12 atom stereocenters. The fourth-order valence-corrected chi connectivity index (χ4v) is 6.82. The van der Waals surface area contributed by atoms with Crippen LogP contribution in [0.1, 0.15) is 94.9 Å². The molecule has 0 aromatic heterocycles. The highest BCUT2D eigenvalue weighted by molar-refractivity contribution is 5.91. The lowest BCUT2D eigenvalue weighted by molar-refractivity contribution is -0.306. The Morgan fingerprint density at radius 3 is 2.04 bits per heavy atom. The Hall–Kier alpha value is -2.56. The first-order chi connectivity index (χ1) is 21.5. The van der Waals surface area contributed by atoms with Crippen LogP contribution >= 0.6 is 0 Å². The molecule has 2 aliphatic rings. The Bertz CT molecular complexity index is 1100. The van der Waals surface area contributed by atoms with E-state index in [1.165, 1.54) is 13.8 Å². The normalized spacial score (nSPS) is 38.8. The highest BCUT2D eigenvalue weighted by Crippen LogP contribution is 2.36. The van der Waals surface area contributed by atoms with Crippen molar-refractivity contribution in [3.8, 4) is 0 Å². The molecule has 1 saturated heterocycles. The fraction of sp³-hybridized carbons (Fsp3) is 0.778. The number of hydrogen-bond acceptors (Lipinski definition) is 10. The Morgan fingerprint density at radius 2 is 1.50 bits per heavy atom. The van der Waals surface area contributed by atoms with Gasteiger partial charge in [0.25, 0.3) is 0 Å². The highest BCUT2D eigenvalue weighted by atomic mass is 16.7. The molecule has 46 heavy (non-hydrogen) atoms. The summed E-state index contributed by atoms with van der Waals surface area (Å²) in [5, 5.41) is 0. The first-order valence-electron chi connectivity index (χ1n) is 16.9. The van der Waals surface area contributed by atoms with Crippen molar-refractivity contribution in [1.29, 1.82) is 0 Å². The molecule has 2 aliphatic heterocycles. The van der Waals surface area contributed by atoms with Gasteiger partial charge in [-0.05, 0) is 71.0 Å². The number of cyclic esters (lactones) is 1. The number of ether oxygens (including phenoxy) is 5. The molecule has 0 aromatic rings. The minimum absolute atomic E-state index is 0.0230. The maximum absolute atomic E-state index is 13.3. The standard InChI is InChI=1S/C36H59NO9/c1-13-28-17-20(3)15-16-29(40)22(5)18-23(6)33(24(7)21(4)19-31(41)45-30(28)14-2)46-36-35(44-27(10)39)32(37(11)12)34(25(8)42-36)43-26(9)38/h15-17,21-25,28,30,32-36H,13-14,18-19H2,1-12H3/b16-15+,20-17+/t21-,22-,23+,24+,25?,28+,30-,32?,33+,34?,35?,36?/m1/s1. The molecule has 0 aromatic carbocycles. The molecule has 0 radical (unpaired) electrons. The van der Waals surface area contributed by atoms with Crippen LogP contribution < -0.4 is 0 Å². The van der Waals surface area contributed by atoms with Crippen molar-refractivity contribution < 1.29 is 42.9 Å². The minimum atomic E-state index is -0.994. The number of likely N-dealkylation sites (N-methyl/N-ethyl adjacent to an activating group) is 1. The van der Waals surface area contributed by atoms with Crippen LogP contribution in [0.4, 0.5) is 0 Å². The third-order valence-electron chi connectivity index (χ3n) is 9.54. The quantitative estimate of drug-likeness (QED) is 0.252. The monoisotopic (exact) mass is 649 g/mol. The number of esters is 3. The Kier molecular flexibility index (Phi) is 15.6. The third-order valence-corrected chi connectivity index (χ3v) is 9.54. The number of carbonyl (C=O) groups is 4. The van der Waals surface area contributed by atoms with Gasteiger partial charge in [0.15, 0.2) is 18.2 Å². The maximum atomic E-state index is 13.3. The highest BCUT2D eigenvalue weighted by Gasteiger charge is 2.51. The average molecular weight is 650 g/mol. The van der Waals surface area contributed by atoms with E-state index in [1.54, 1.807) is 13.0 Å². The summed E-state index contributed by atoms with van der Waals surface area (Å²) in [7, 11) is 3.64. The number of hydrogen-bond donors (Lipinski definition) is 0. The Balaban J connectivity index is 2.54. The molecule has 0 saturated carbocycles. The molecular weight excluding hydrogens is 590 g/mol. The van der Waals surface area contributed by atoms with E-state index in [1.807, 2.05) is 66.6 Å². The summed E-state index contributed by atoms with van der Waals surface area (Å²) >= 11 is 0. The largest absolute Gasteiger partial charge is 0.462 e. The Labute approximate surface area is 276 Å². The van der Waals surface area contributed by atoms with Crippen LogP contribution in [0.2, 0.25) is 0 Å². The number of nitrogens with zero attached hydrogens (tertiary/aromatic N) is 1. The summed E-state index contributed by atoms with van der Waals surface area (Å²) in [6, 6.07) is -0.551. The Morgan fingerprint density at radius 1 is 0.891 bits per heavy atom. The van der Waals surface area contributed by atoms with Crippen LogP contribution in [0.25, 0.3) is 0 Å². The molecule has 2 heterocycles. The molecule has 5 unspecified atom stereocenters. The molecule has 0 spiro atoms. The van der Waals surface area contributed by atoms with Crippen LogP contribution in [-0.2, 0) is 42.9 Å². The molecule has 0 N–H and O–H groups in total. The lowest BCUT2D eigenvalue weighted by Gasteiger charge is -2.48. The second-order valence-corrected chi connectivity index (χ2v) is 13.7. The second kappa shape index (κ2) is 18.1. The van der Waals surface area contributed by atoms with Gasteiger partial charge in [0, 0.05) is 32.1 Å². The number of rotatable bonds is 7.